The first-order valence-corrected chi connectivity index (χ1v) is 5.61. The number of halogens is 2. The Hall–Kier alpha value is -0.610. The lowest BCUT2D eigenvalue weighted by atomic mass is 10.1. The molecular formula is C11H15BrFNO. The van der Waals surface area contributed by atoms with E-state index < -0.39 is 0 Å². The first-order valence-electron chi connectivity index (χ1n) is 4.82. The van der Waals surface area contributed by atoms with Gasteiger partial charge in [0.05, 0.1) is 4.47 Å². The Balaban J connectivity index is 2.68. The van der Waals surface area contributed by atoms with E-state index in [1.165, 1.54) is 12.1 Å². The lowest BCUT2D eigenvalue weighted by molar-refractivity contribution is 0.397. The maximum Gasteiger partial charge on any atom is 0.133 e. The van der Waals surface area contributed by atoms with E-state index >= 15 is 0 Å². The average Bonchev–Trinajstić information content (AvgIpc) is 2.12. The van der Waals surface area contributed by atoms with Crippen LogP contribution < -0.4 is 0 Å². The molecule has 0 bridgehead atoms. The predicted octanol–water partition coefficient (Wildman–Crippen LogP) is 2.79. The second kappa shape index (κ2) is 5.47. The predicted molar refractivity (Wildman–Crippen MR) is 62.6 cm³/mol. The summed E-state index contributed by atoms with van der Waals surface area (Å²) in [6, 6.07) is 2.65. The molecule has 0 atom stereocenters. The smallest absolute Gasteiger partial charge is 0.133 e. The van der Waals surface area contributed by atoms with Gasteiger partial charge in [-0.05, 0) is 67.1 Å². The van der Waals surface area contributed by atoms with Crippen LogP contribution in [-0.2, 0) is 6.42 Å². The van der Waals surface area contributed by atoms with Gasteiger partial charge in [0.25, 0.3) is 0 Å². The van der Waals surface area contributed by atoms with E-state index in [-0.39, 0.29) is 11.6 Å². The van der Waals surface area contributed by atoms with Gasteiger partial charge < -0.3 is 10.0 Å². The van der Waals surface area contributed by atoms with Gasteiger partial charge in [-0.25, -0.2) is 4.39 Å². The number of phenols is 1. The monoisotopic (exact) mass is 275 g/mol. The van der Waals surface area contributed by atoms with Crippen LogP contribution in [0.1, 0.15) is 12.0 Å². The molecule has 0 spiro atoms. The molecule has 4 heteroatoms. The molecule has 1 aromatic rings. The van der Waals surface area contributed by atoms with Gasteiger partial charge in [-0.2, -0.15) is 0 Å². The van der Waals surface area contributed by atoms with Crippen molar-refractivity contribution in [2.24, 2.45) is 0 Å². The highest BCUT2D eigenvalue weighted by atomic mass is 79.9. The van der Waals surface area contributed by atoms with E-state index in [0.717, 1.165) is 13.0 Å². The lowest BCUT2D eigenvalue weighted by Gasteiger charge is -2.10. The first kappa shape index (κ1) is 12.5. The molecule has 15 heavy (non-hydrogen) atoms. The highest BCUT2D eigenvalue weighted by Crippen LogP contribution is 2.29. The third kappa shape index (κ3) is 3.80. The zero-order valence-electron chi connectivity index (χ0n) is 8.93. The van der Waals surface area contributed by atoms with E-state index in [1.807, 2.05) is 14.1 Å². The molecule has 0 aliphatic rings. The molecular weight excluding hydrogens is 261 g/mol. The standard InChI is InChI=1S/C11H15BrFNO/c1-14(2)5-3-4-8-6-9(13)7-10(12)11(8)15/h6-7,15H,3-5H2,1-2H3. The number of aromatic hydroxyl groups is 1. The fourth-order valence-electron chi connectivity index (χ4n) is 1.40. The van der Waals surface area contributed by atoms with E-state index in [2.05, 4.69) is 20.8 Å². The summed E-state index contributed by atoms with van der Waals surface area (Å²) in [5.74, 6) is -0.172. The van der Waals surface area contributed by atoms with E-state index in [9.17, 15) is 9.50 Å². The molecule has 0 aromatic heterocycles. The number of nitrogens with zero attached hydrogens (tertiary/aromatic N) is 1. The first-order chi connectivity index (χ1) is 7.00. The Morgan fingerprint density at radius 2 is 2.07 bits per heavy atom. The molecule has 0 saturated heterocycles. The van der Waals surface area contributed by atoms with Crippen LogP contribution in [0.15, 0.2) is 16.6 Å². The summed E-state index contributed by atoms with van der Waals surface area (Å²) in [5, 5.41) is 9.66. The van der Waals surface area contributed by atoms with Gasteiger partial charge in [0, 0.05) is 0 Å². The number of phenolic OH excluding ortho intramolecular Hbond substituents is 1. The molecule has 1 aromatic carbocycles. The van der Waals surface area contributed by atoms with E-state index in [4.69, 9.17) is 0 Å². The molecule has 0 aliphatic heterocycles. The van der Waals surface area contributed by atoms with Crippen molar-refractivity contribution in [3.63, 3.8) is 0 Å². The number of aryl methyl sites for hydroxylation is 1. The van der Waals surface area contributed by atoms with Gasteiger partial charge in [0.1, 0.15) is 11.6 Å². The molecule has 0 heterocycles. The fourth-order valence-corrected chi connectivity index (χ4v) is 1.87. The molecule has 0 aliphatic carbocycles. The second-order valence-electron chi connectivity index (χ2n) is 3.80. The SMILES string of the molecule is CN(C)CCCc1cc(F)cc(Br)c1O. The van der Waals surface area contributed by atoms with Crippen LogP contribution in [0.25, 0.3) is 0 Å². The van der Waals surface area contributed by atoms with Gasteiger partial charge in [-0.3, -0.25) is 0 Å². The maximum atomic E-state index is 13.0. The summed E-state index contributed by atoms with van der Waals surface area (Å²) in [7, 11) is 3.97. The van der Waals surface area contributed by atoms with E-state index in [0.29, 0.717) is 16.5 Å². The van der Waals surface area contributed by atoms with Crippen molar-refractivity contribution in [2.45, 2.75) is 12.8 Å². The van der Waals surface area contributed by atoms with Crippen molar-refractivity contribution in [3.05, 3.63) is 28.0 Å². The van der Waals surface area contributed by atoms with Crippen molar-refractivity contribution < 1.29 is 9.50 Å². The molecule has 84 valence electrons. The van der Waals surface area contributed by atoms with Gasteiger partial charge >= 0.3 is 0 Å². The topological polar surface area (TPSA) is 23.5 Å². The van der Waals surface area contributed by atoms with Crippen LogP contribution in [0.3, 0.4) is 0 Å². The van der Waals surface area contributed by atoms with Crippen LogP contribution in [0.4, 0.5) is 4.39 Å². The minimum absolute atomic E-state index is 0.148. The van der Waals surface area contributed by atoms with Crippen LogP contribution in [0.2, 0.25) is 0 Å². The third-order valence-corrected chi connectivity index (χ3v) is 2.76. The van der Waals surface area contributed by atoms with Gasteiger partial charge in [0.15, 0.2) is 0 Å². The normalized spacial score (nSPS) is 11.0. The van der Waals surface area contributed by atoms with Crippen molar-refractivity contribution in [1.29, 1.82) is 0 Å². The van der Waals surface area contributed by atoms with E-state index in [1.54, 1.807) is 0 Å². The van der Waals surface area contributed by atoms with Gasteiger partial charge in [-0.1, -0.05) is 0 Å². The zero-order chi connectivity index (χ0) is 11.4. The fraction of sp³-hybridized carbons (Fsp3) is 0.455. The summed E-state index contributed by atoms with van der Waals surface area (Å²) in [5.41, 5.74) is 0.656. The molecule has 0 amide bonds. The largest absolute Gasteiger partial charge is 0.506 e. The summed E-state index contributed by atoms with van der Waals surface area (Å²) >= 11 is 3.12. The van der Waals surface area contributed by atoms with Crippen LogP contribution in [-0.4, -0.2) is 30.6 Å². The number of hydrogen-bond donors (Lipinski definition) is 1. The van der Waals surface area contributed by atoms with Crippen molar-refractivity contribution in [2.75, 3.05) is 20.6 Å². The highest BCUT2D eigenvalue weighted by molar-refractivity contribution is 9.10. The highest BCUT2D eigenvalue weighted by Gasteiger charge is 2.07. The van der Waals surface area contributed by atoms with Gasteiger partial charge in [0.2, 0.25) is 0 Å². The average molecular weight is 276 g/mol. The Kier molecular flexibility index (Phi) is 4.54. The summed E-state index contributed by atoms with van der Waals surface area (Å²) in [4.78, 5) is 2.06. The third-order valence-electron chi connectivity index (χ3n) is 2.16. The molecule has 1 rings (SSSR count). The van der Waals surface area contributed by atoms with Crippen molar-refractivity contribution in [1.82, 2.24) is 4.90 Å². The second-order valence-corrected chi connectivity index (χ2v) is 4.66. The zero-order valence-corrected chi connectivity index (χ0v) is 10.5. The Morgan fingerprint density at radius 1 is 1.40 bits per heavy atom. The van der Waals surface area contributed by atoms with Crippen molar-refractivity contribution >= 4 is 15.9 Å². The van der Waals surface area contributed by atoms with Crippen LogP contribution in [0.5, 0.6) is 5.75 Å². The minimum Gasteiger partial charge on any atom is -0.506 e. The number of rotatable bonds is 4. The summed E-state index contributed by atoms with van der Waals surface area (Å²) in [6.45, 7) is 0.924. The molecule has 0 fully saturated rings. The molecule has 2 nitrogen and oxygen atoms in total. The quantitative estimate of drug-likeness (QED) is 0.914. The summed E-state index contributed by atoms with van der Waals surface area (Å²) < 4.78 is 13.5. The minimum atomic E-state index is -0.320. The molecule has 0 saturated carbocycles. The maximum absolute atomic E-state index is 13.0. The Bertz CT molecular complexity index is 342. The number of benzene rings is 1. The Morgan fingerprint density at radius 3 is 2.67 bits per heavy atom. The van der Waals surface area contributed by atoms with Crippen LogP contribution in [0, 0.1) is 5.82 Å². The molecule has 0 unspecified atom stereocenters. The van der Waals surface area contributed by atoms with Gasteiger partial charge in [-0.15, -0.1) is 0 Å². The molecule has 1 N–H and O–H groups in total. The summed E-state index contributed by atoms with van der Waals surface area (Å²) in [6.07, 6.45) is 1.58. The Labute approximate surface area is 97.8 Å². The molecule has 0 radical (unpaired) electrons. The van der Waals surface area contributed by atoms with Crippen LogP contribution >= 0.6 is 15.9 Å². The number of hydrogen-bond acceptors (Lipinski definition) is 2. The lowest BCUT2D eigenvalue weighted by Crippen LogP contribution is -2.13. The van der Waals surface area contributed by atoms with Crippen molar-refractivity contribution in [3.8, 4) is 5.75 Å².